The van der Waals surface area contributed by atoms with Gasteiger partial charge in [0.15, 0.2) is 0 Å². The Balaban J connectivity index is 1.61. The first-order chi connectivity index (χ1) is 14.8. The predicted octanol–water partition coefficient (Wildman–Crippen LogP) is 5.16. The lowest BCUT2D eigenvalue weighted by Crippen LogP contribution is -2.18. The molecule has 0 fully saturated rings. The number of rotatable bonds is 5. The summed E-state index contributed by atoms with van der Waals surface area (Å²) in [4.78, 5) is 19.9. The van der Waals surface area contributed by atoms with Gasteiger partial charge in [0, 0.05) is 10.4 Å². The van der Waals surface area contributed by atoms with Gasteiger partial charge in [-0.05, 0) is 54.5 Å². The summed E-state index contributed by atoms with van der Waals surface area (Å²) in [6.45, 7) is 2.71. The van der Waals surface area contributed by atoms with E-state index in [4.69, 9.17) is 4.74 Å². The Morgan fingerprint density at radius 2 is 2.07 bits per heavy atom. The average Bonchev–Trinajstić information content (AvgIpc) is 3.17. The van der Waals surface area contributed by atoms with Gasteiger partial charge < -0.3 is 4.74 Å². The van der Waals surface area contributed by atoms with E-state index in [1.807, 2.05) is 18.2 Å². The first-order valence-electron chi connectivity index (χ1n) is 10.5. The minimum absolute atomic E-state index is 0.0908. The zero-order valence-electron chi connectivity index (χ0n) is 16.9. The number of hydrogen-bond acceptors (Lipinski definition) is 5. The maximum Gasteiger partial charge on any atom is 0.282 e. The number of benzene rings is 2. The third-order valence-electron chi connectivity index (χ3n) is 5.56. The molecule has 2 aromatic heterocycles. The third-order valence-corrected chi connectivity index (χ3v) is 6.76. The smallest absolute Gasteiger partial charge is 0.282 e. The lowest BCUT2D eigenvalue weighted by atomic mass is 9.97. The quantitative estimate of drug-likeness (QED) is 0.422. The van der Waals surface area contributed by atoms with Crippen molar-refractivity contribution in [2.45, 2.75) is 39.0 Å². The summed E-state index contributed by atoms with van der Waals surface area (Å²) in [6, 6.07) is 12.1. The van der Waals surface area contributed by atoms with Crippen LogP contribution in [0.1, 0.15) is 42.2 Å². The Hall–Kier alpha value is -2.99. The number of aromatic nitrogens is 2. The molecule has 0 amide bonds. The fourth-order valence-electron chi connectivity index (χ4n) is 4.09. The molecule has 152 valence electrons. The van der Waals surface area contributed by atoms with Crippen LogP contribution in [0.15, 0.2) is 52.6 Å². The van der Waals surface area contributed by atoms with Crippen molar-refractivity contribution in [2.24, 2.45) is 5.10 Å². The predicted molar refractivity (Wildman–Crippen MR) is 123 cm³/mol. The summed E-state index contributed by atoms with van der Waals surface area (Å²) >= 11 is 1.65. The molecule has 0 bridgehead atoms. The number of aryl methyl sites for hydroxylation is 2. The molecule has 0 unspecified atom stereocenters. The molecule has 0 spiro atoms. The van der Waals surface area contributed by atoms with E-state index in [2.05, 4.69) is 35.2 Å². The van der Waals surface area contributed by atoms with Crippen LogP contribution in [0.2, 0.25) is 0 Å². The number of ether oxygens (including phenoxy) is 1. The first-order valence-corrected chi connectivity index (χ1v) is 11.3. The third kappa shape index (κ3) is 3.31. The van der Waals surface area contributed by atoms with Crippen molar-refractivity contribution in [3.05, 3.63) is 69.1 Å². The van der Waals surface area contributed by atoms with Crippen molar-refractivity contribution < 1.29 is 4.74 Å². The molecule has 4 aromatic rings. The second-order valence-electron chi connectivity index (χ2n) is 7.58. The number of thiophene rings is 1. The van der Waals surface area contributed by atoms with Gasteiger partial charge in [-0.25, -0.2) is 4.98 Å². The van der Waals surface area contributed by atoms with Crippen LogP contribution in [0.4, 0.5) is 0 Å². The maximum absolute atomic E-state index is 13.2. The van der Waals surface area contributed by atoms with E-state index in [9.17, 15) is 4.79 Å². The lowest BCUT2D eigenvalue weighted by molar-refractivity contribution is 0.317. The van der Waals surface area contributed by atoms with Crippen molar-refractivity contribution in [3.63, 3.8) is 0 Å². The van der Waals surface area contributed by atoms with Crippen LogP contribution in [-0.2, 0) is 12.8 Å². The molecule has 30 heavy (non-hydrogen) atoms. The summed E-state index contributed by atoms with van der Waals surface area (Å²) in [5, 5.41) is 7.41. The van der Waals surface area contributed by atoms with Crippen molar-refractivity contribution in [1.29, 1.82) is 0 Å². The van der Waals surface area contributed by atoms with Crippen LogP contribution in [0.5, 0.6) is 5.75 Å². The molecule has 0 N–H and O–H groups in total. The average molecular weight is 418 g/mol. The Morgan fingerprint density at radius 1 is 1.20 bits per heavy atom. The molecule has 0 radical (unpaired) electrons. The molecule has 0 atom stereocenters. The Morgan fingerprint density at radius 3 is 2.97 bits per heavy atom. The molecule has 0 aliphatic heterocycles. The van der Waals surface area contributed by atoms with E-state index in [1.54, 1.807) is 17.6 Å². The van der Waals surface area contributed by atoms with Crippen LogP contribution in [-0.4, -0.2) is 22.5 Å². The maximum atomic E-state index is 13.2. The second-order valence-corrected chi connectivity index (χ2v) is 8.66. The van der Waals surface area contributed by atoms with Crippen LogP contribution in [0.3, 0.4) is 0 Å². The summed E-state index contributed by atoms with van der Waals surface area (Å²) in [5.41, 5.74) is 1.97. The summed E-state index contributed by atoms with van der Waals surface area (Å²) < 4.78 is 7.31. The molecule has 0 saturated carbocycles. The van der Waals surface area contributed by atoms with Crippen LogP contribution in [0.25, 0.3) is 21.0 Å². The van der Waals surface area contributed by atoms with Gasteiger partial charge in [0.2, 0.25) is 0 Å². The SMILES string of the molecule is CCCOc1ccc2ccccc2c1/C=N/n1cnc2sc3c(c2c1=O)CCCC3. The van der Waals surface area contributed by atoms with E-state index in [1.165, 1.54) is 27.9 Å². The van der Waals surface area contributed by atoms with Gasteiger partial charge in [-0.3, -0.25) is 4.79 Å². The Kier molecular flexibility index (Phi) is 5.09. The highest BCUT2D eigenvalue weighted by molar-refractivity contribution is 7.18. The number of hydrogen-bond donors (Lipinski definition) is 0. The molecular weight excluding hydrogens is 394 g/mol. The van der Waals surface area contributed by atoms with Gasteiger partial charge in [-0.15, -0.1) is 11.3 Å². The Labute approximate surface area is 178 Å². The molecule has 5 nitrogen and oxygen atoms in total. The topological polar surface area (TPSA) is 56.5 Å². The Bertz CT molecular complexity index is 1320. The highest BCUT2D eigenvalue weighted by atomic mass is 32.1. The molecular formula is C24H23N3O2S. The van der Waals surface area contributed by atoms with E-state index in [-0.39, 0.29) is 5.56 Å². The van der Waals surface area contributed by atoms with Gasteiger partial charge in [-0.1, -0.05) is 37.3 Å². The first kappa shape index (κ1) is 19.0. The minimum Gasteiger partial charge on any atom is -0.493 e. The van der Waals surface area contributed by atoms with Crippen LogP contribution < -0.4 is 10.3 Å². The molecule has 1 aliphatic rings. The summed E-state index contributed by atoms with van der Waals surface area (Å²) in [6.07, 6.45) is 8.50. The summed E-state index contributed by atoms with van der Waals surface area (Å²) in [5.74, 6) is 0.772. The lowest BCUT2D eigenvalue weighted by Gasteiger charge is -2.11. The molecule has 5 rings (SSSR count). The number of fused-ring (bicyclic) bond motifs is 4. The van der Waals surface area contributed by atoms with E-state index in [0.717, 1.165) is 58.0 Å². The highest BCUT2D eigenvalue weighted by Crippen LogP contribution is 2.33. The van der Waals surface area contributed by atoms with Gasteiger partial charge >= 0.3 is 0 Å². The standard InChI is InChI=1S/C24H23N3O2S/c1-2-13-29-20-12-11-16-7-3-4-8-17(16)19(20)14-26-27-15-25-23-22(24(27)28)18-9-5-6-10-21(18)30-23/h3-4,7-8,11-12,14-15H,2,5-6,9-10,13H2,1H3/b26-14+. The van der Waals surface area contributed by atoms with Crippen molar-refractivity contribution in [3.8, 4) is 5.75 Å². The number of nitrogens with zero attached hydrogens (tertiary/aromatic N) is 3. The fraction of sp³-hybridized carbons (Fsp3) is 0.292. The van der Waals surface area contributed by atoms with Gasteiger partial charge in [0.25, 0.3) is 5.56 Å². The summed E-state index contributed by atoms with van der Waals surface area (Å²) in [7, 11) is 0. The fourth-order valence-corrected chi connectivity index (χ4v) is 5.31. The van der Waals surface area contributed by atoms with Gasteiger partial charge in [0.05, 0.1) is 18.2 Å². The molecule has 6 heteroatoms. The highest BCUT2D eigenvalue weighted by Gasteiger charge is 2.20. The monoisotopic (exact) mass is 417 g/mol. The molecule has 1 aliphatic carbocycles. The van der Waals surface area contributed by atoms with Gasteiger partial charge in [-0.2, -0.15) is 9.78 Å². The van der Waals surface area contributed by atoms with E-state index < -0.39 is 0 Å². The van der Waals surface area contributed by atoms with E-state index in [0.29, 0.717) is 6.61 Å². The normalized spacial score (nSPS) is 13.9. The van der Waals surface area contributed by atoms with Gasteiger partial charge in [0.1, 0.15) is 16.9 Å². The van der Waals surface area contributed by atoms with Crippen molar-refractivity contribution >= 4 is 38.5 Å². The zero-order chi connectivity index (χ0) is 20.5. The van der Waals surface area contributed by atoms with Crippen LogP contribution >= 0.6 is 11.3 Å². The van der Waals surface area contributed by atoms with E-state index >= 15 is 0 Å². The largest absolute Gasteiger partial charge is 0.493 e. The van der Waals surface area contributed by atoms with Crippen molar-refractivity contribution in [1.82, 2.24) is 9.66 Å². The minimum atomic E-state index is -0.0908. The molecule has 0 saturated heterocycles. The molecule has 2 heterocycles. The van der Waals surface area contributed by atoms with Crippen LogP contribution in [0, 0.1) is 0 Å². The molecule has 2 aromatic carbocycles. The second kappa shape index (κ2) is 8.03. The van der Waals surface area contributed by atoms with Crippen molar-refractivity contribution in [2.75, 3.05) is 6.61 Å². The zero-order valence-corrected chi connectivity index (χ0v) is 17.7.